The van der Waals surface area contributed by atoms with Crippen molar-refractivity contribution in [3.63, 3.8) is 0 Å². The molecule has 0 aromatic carbocycles. The zero-order chi connectivity index (χ0) is 18.0. The molecule has 130 valence electrons. The van der Waals surface area contributed by atoms with Crippen molar-refractivity contribution >= 4 is 33.4 Å². The van der Waals surface area contributed by atoms with E-state index in [1.54, 1.807) is 36.6 Å². The largest absolute Gasteiger partial charge is 0.343 e. The fourth-order valence-electron chi connectivity index (χ4n) is 2.17. The summed E-state index contributed by atoms with van der Waals surface area (Å²) in [6, 6.07) is -0.526. The highest BCUT2D eigenvalue weighted by Gasteiger charge is 2.24. The van der Waals surface area contributed by atoms with Crippen molar-refractivity contribution in [2.75, 3.05) is 19.4 Å². The van der Waals surface area contributed by atoms with E-state index in [1.807, 2.05) is 13.8 Å². The minimum Gasteiger partial charge on any atom is -0.343 e. The number of aromatic nitrogens is 4. The summed E-state index contributed by atoms with van der Waals surface area (Å²) in [7, 11) is 3.32. The maximum absolute atomic E-state index is 12.5. The molecule has 0 aliphatic heterocycles. The molecule has 24 heavy (non-hydrogen) atoms. The van der Waals surface area contributed by atoms with E-state index in [2.05, 4.69) is 31.4 Å². The van der Waals surface area contributed by atoms with Crippen LogP contribution in [-0.4, -0.2) is 50.4 Å². The van der Waals surface area contributed by atoms with Crippen LogP contribution in [0.4, 0.5) is 5.69 Å². The molecule has 0 radical (unpaired) electrons. The maximum Gasteiger partial charge on any atom is 0.273 e. The van der Waals surface area contributed by atoms with E-state index in [0.29, 0.717) is 17.9 Å². The average Bonchev–Trinajstić information content (AvgIpc) is 3.09. The van der Waals surface area contributed by atoms with Gasteiger partial charge in [0.15, 0.2) is 0 Å². The number of nitrogens with one attached hydrogen (secondary N) is 1. The number of hydrogen-bond acceptors (Lipinski definition) is 4. The molecule has 0 bridgehead atoms. The SMILES string of the molecule is CCn1ncc(NC(=O)C(C)n2cc(Br)c(C)n2)c1C(=O)N(C)C. The zero-order valence-corrected chi connectivity index (χ0v) is 16.0. The third-order valence-corrected chi connectivity index (χ3v) is 4.42. The molecule has 2 aromatic heterocycles. The van der Waals surface area contributed by atoms with Gasteiger partial charge in [0.05, 0.1) is 22.1 Å². The van der Waals surface area contributed by atoms with Crippen molar-refractivity contribution in [3.05, 3.63) is 28.3 Å². The molecule has 0 spiro atoms. The number of amides is 2. The summed E-state index contributed by atoms with van der Waals surface area (Å²) in [6.45, 7) is 6.01. The van der Waals surface area contributed by atoms with Gasteiger partial charge < -0.3 is 10.2 Å². The van der Waals surface area contributed by atoms with Gasteiger partial charge in [-0.25, -0.2) is 0 Å². The Balaban J connectivity index is 2.25. The first-order valence-corrected chi connectivity index (χ1v) is 8.35. The molecule has 0 fully saturated rings. The van der Waals surface area contributed by atoms with Gasteiger partial charge in [-0.3, -0.25) is 19.0 Å². The van der Waals surface area contributed by atoms with E-state index >= 15 is 0 Å². The molecule has 9 heteroatoms. The summed E-state index contributed by atoms with van der Waals surface area (Å²) in [5.74, 6) is -0.483. The van der Waals surface area contributed by atoms with Crippen LogP contribution in [0.15, 0.2) is 16.9 Å². The summed E-state index contributed by atoms with van der Waals surface area (Å²) in [6.07, 6.45) is 3.25. The van der Waals surface area contributed by atoms with E-state index in [1.165, 1.54) is 11.1 Å². The second-order valence-electron chi connectivity index (χ2n) is 5.63. The van der Waals surface area contributed by atoms with E-state index in [0.717, 1.165) is 10.2 Å². The van der Waals surface area contributed by atoms with Gasteiger partial charge in [-0.2, -0.15) is 10.2 Å². The van der Waals surface area contributed by atoms with Gasteiger partial charge in [0.1, 0.15) is 11.7 Å². The van der Waals surface area contributed by atoms with E-state index in [9.17, 15) is 9.59 Å². The first kappa shape index (κ1) is 18.2. The van der Waals surface area contributed by atoms with Crippen molar-refractivity contribution in [1.82, 2.24) is 24.5 Å². The Bertz CT molecular complexity index is 745. The van der Waals surface area contributed by atoms with Gasteiger partial charge in [-0.1, -0.05) is 0 Å². The maximum atomic E-state index is 12.5. The highest BCUT2D eigenvalue weighted by molar-refractivity contribution is 9.10. The number of hydrogen-bond donors (Lipinski definition) is 1. The summed E-state index contributed by atoms with van der Waals surface area (Å²) in [4.78, 5) is 26.3. The van der Waals surface area contributed by atoms with Crippen LogP contribution in [0, 0.1) is 6.92 Å². The van der Waals surface area contributed by atoms with Gasteiger partial charge >= 0.3 is 0 Å². The van der Waals surface area contributed by atoms with Gasteiger partial charge in [-0.05, 0) is 36.7 Å². The Morgan fingerprint density at radius 2 is 2.08 bits per heavy atom. The summed E-state index contributed by atoms with van der Waals surface area (Å²) < 4.78 is 3.98. The molecule has 1 atom stereocenters. The fraction of sp³-hybridized carbons (Fsp3) is 0.467. The first-order valence-electron chi connectivity index (χ1n) is 7.55. The number of halogens is 1. The van der Waals surface area contributed by atoms with Crippen LogP contribution in [0.3, 0.4) is 0 Å². The predicted molar refractivity (Wildman–Crippen MR) is 93.9 cm³/mol. The lowest BCUT2D eigenvalue weighted by Crippen LogP contribution is -2.28. The van der Waals surface area contributed by atoms with Crippen molar-refractivity contribution < 1.29 is 9.59 Å². The molecule has 2 aromatic rings. The van der Waals surface area contributed by atoms with Crippen LogP contribution in [0.5, 0.6) is 0 Å². The number of nitrogens with zero attached hydrogens (tertiary/aromatic N) is 5. The highest BCUT2D eigenvalue weighted by atomic mass is 79.9. The third kappa shape index (κ3) is 3.50. The molecule has 1 N–H and O–H groups in total. The standard InChI is InChI=1S/C15H21BrN6O2/c1-6-21-13(15(24)20(4)5)12(7-17-21)18-14(23)10(3)22-8-11(16)9(2)19-22/h7-8,10H,6H2,1-5H3,(H,18,23). The minimum absolute atomic E-state index is 0.213. The summed E-state index contributed by atoms with van der Waals surface area (Å²) in [5.41, 5.74) is 1.56. The van der Waals surface area contributed by atoms with E-state index < -0.39 is 6.04 Å². The molecule has 0 saturated carbocycles. The number of anilines is 1. The van der Waals surface area contributed by atoms with Crippen LogP contribution in [0.2, 0.25) is 0 Å². The molecule has 2 heterocycles. The topological polar surface area (TPSA) is 85.0 Å². The lowest BCUT2D eigenvalue weighted by molar-refractivity contribution is -0.119. The normalized spacial score (nSPS) is 12.1. The molecule has 0 aliphatic carbocycles. The first-order chi connectivity index (χ1) is 11.3. The zero-order valence-electron chi connectivity index (χ0n) is 14.4. The molecule has 2 amide bonds. The number of carbonyl (C=O) groups is 2. The molecule has 0 aliphatic rings. The van der Waals surface area contributed by atoms with E-state index in [4.69, 9.17) is 0 Å². The Labute approximate surface area is 148 Å². The lowest BCUT2D eigenvalue weighted by Gasteiger charge is -2.15. The highest BCUT2D eigenvalue weighted by Crippen LogP contribution is 2.20. The third-order valence-electron chi connectivity index (χ3n) is 3.64. The fourth-order valence-corrected chi connectivity index (χ4v) is 2.46. The van der Waals surface area contributed by atoms with Gasteiger partial charge in [0, 0.05) is 26.8 Å². The number of aryl methyl sites for hydroxylation is 2. The molecule has 1 unspecified atom stereocenters. The van der Waals surface area contributed by atoms with Gasteiger partial charge in [0.25, 0.3) is 5.91 Å². The minimum atomic E-state index is -0.526. The van der Waals surface area contributed by atoms with Crippen molar-refractivity contribution in [2.45, 2.75) is 33.4 Å². The Hall–Kier alpha value is -2.16. The van der Waals surface area contributed by atoms with Gasteiger partial charge in [-0.15, -0.1) is 0 Å². The Morgan fingerprint density at radius 1 is 1.42 bits per heavy atom. The Kier molecular flexibility index (Phi) is 5.43. The molecular formula is C15H21BrN6O2. The molecular weight excluding hydrogens is 376 g/mol. The quantitative estimate of drug-likeness (QED) is 0.837. The van der Waals surface area contributed by atoms with E-state index in [-0.39, 0.29) is 11.8 Å². The monoisotopic (exact) mass is 396 g/mol. The predicted octanol–water partition coefficient (Wildman–Crippen LogP) is 2.07. The van der Waals surface area contributed by atoms with Crippen molar-refractivity contribution in [2.24, 2.45) is 0 Å². The van der Waals surface area contributed by atoms with Crippen LogP contribution in [-0.2, 0) is 11.3 Å². The van der Waals surface area contributed by atoms with Crippen molar-refractivity contribution in [1.29, 1.82) is 0 Å². The second-order valence-corrected chi connectivity index (χ2v) is 6.48. The molecule has 0 saturated heterocycles. The van der Waals surface area contributed by atoms with Crippen LogP contribution < -0.4 is 5.32 Å². The van der Waals surface area contributed by atoms with Crippen molar-refractivity contribution in [3.8, 4) is 0 Å². The van der Waals surface area contributed by atoms with Crippen LogP contribution >= 0.6 is 15.9 Å². The summed E-state index contributed by atoms with van der Waals surface area (Å²) in [5, 5.41) is 11.2. The number of rotatable bonds is 5. The van der Waals surface area contributed by atoms with Crippen LogP contribution in [0.1, 0.15) is 36.1 Å². The smallest absolute Gasteiger partial charge is 0.273 e. The number of carbonyl (C=O) groups excluding carboxylic acids is 2. The molecule has 8 nitrogen and oxygen atoms in total. The van der Waals surface area contributed by atoms with Crippen LogP contribution in [0.25, 0.3) is 0 Å². The average molecular weight is 397 g/mol. The summed E-state index contributed by atoms with van der Waals surface area (Å²) >= 11 is 3.38. The lowest BCUT2D eigenvalue weighted by atomic mass is 10.2. The second kappa shape index (κ2) is 7.16. The Morgan fingerprint density at radius 3 is 2.58 bits per heavy atom. The molecule has 2 rings (SSSR count). The van der Waals surface area contributed by atoms with Gasteiger partial charge in [0.2, 0.25) is 5.91 Å².